The van der Waals surface area contributed by atoms with E-state index >= 15 is 0 Å². The summed E-state index contributed by atoms with van der Waals surface area (Å²) in [5.74, 6) is 2.91. The number of rotatable bonds is 4. The van der Waals surface area contributed by atoms with E-state index in [2.05, 4.69) is 13.8 Å². The Morgan fingerprint density at radius 1 is 1.15 bits per heavy atom. The monoisotopic (exact) mass is 278 g/mol. The van der Waals surface area contributed by atoms with E-state index in [0.717, 1.165) is 42.7 Å². The molecule has 3 nitrogen and oxygen atoms in total. The lowest BCUT2D eigenvalue weighted by molar-refractivity contribution is -0.0217. The molecule has 0 spiro atoms. The van der Waals surface area contributed by atoms with Gasteiger partial charge in [-0.3, -0.25) is 0 Å². The molecule has 0 heterocycles. The van der Waals surface area contributed by atoms with Crippen LogP contribution >= 0.6 is 0 Å². The maximum Gasteiger partial charge on any atom is 0.125 e. The molecule has 0 unspecified atom stereocenters. The largest absolute Gasteiger partial charge is 0.497 e. The molecule has 1 aliphatic carbocycles. The highest BCUT2D eigenvalue weighted by Gasteiger charge is 2.37. The molecule has 1 fully saturated rings. The van der Waals surface area contributed by atoms with Gasteiger partial charge in [-0.25, -0.2) is 0 Å². The number of aliphatic hydroxyl groups is 1. The van der Waals surface area contributed by atoms with Gasteiger partial charge in [0, 0.05) is 5.56 Å². The van der Waals surface area contributed by atoms with Crippen LogP contribution in [0.2, 0.25) is 0 Å². The molecule has 0 atom stereocenters. The Morgan fingerprint density at radius 2 is 1.80 bits per heavy atom. The van der Waals surface area contributed by atoms with Crippen LogP contribution in [0.3, 0.4) is 0 Å². The molecule has 0 bridgehead atoms. The second kappa shape index (κ2) is 6.04. The van der Waals surface area contributed by atoms with E-state index in [9.17, 15) is 5.11 Å². The molecular formula is C17H26O3. The molecule has 1 aromatic rings. The summed E-state index contributed by atoms with van der Waals surface area (Å²) < 4.78 is 10.7. The first-order valence-corrected chi connectivity index (χ1v) is 7.45. The minimum Gasteiger partial charge on any atom is -0.497 e. The van der Waals surface area contributed by atoms with Gasteiger partial charge in [0.1, 0.15) is 11.5 Å². The van der Waals surface area contributed by atoms with Crippen molar-refractivity contribution >= 4 is 0 Å². The normalized spacial score (nSPS) is 26.6. The molecule has 0 aliphatic heterocycles. The molecule has 2 rings (SSSR count). The van der Waals surface area contributed by atoms with Crippen LogP contribution in [-0.2, 0) is 5.60 Å². The molecule has 0 amide bonds. The van der Waals surface area contributed by atoms with Gasteiger partial charge in [-0.1, -0.05) is 13.8 Å². The van der Waals surface area contributed by atoms with Gasteiger partial charge in [0.25, 0.3) is 0 Å². The van der Waals surface area contributed by atoms with E-state index in [1.165, 1.54) is 0 Å². The summed E-state index contributed by atoms with van der Waals surface area (Å²) in [6.07, 6.45) is 3.71. The van der Waals surface area contributed by atoms with E-state index < -0.39 is 5.60 Å². The van der Waals surface area contributed by atoms with Crippen LogP contribution in [0.4, 0.5) is 0 Å². The maximum absolute atomic E-state index is 11.0. The molecule has 0 aromatic heterocycles. The van der Waals surface area contributed by atoms with Crippen molar-refractivity contribution in [2.24, 2.45) is 11.8 Å². The average Bonchev–Trinajstić information content (AvgIpc) is 2.47. The zero-order valence-electron chi connectivity index (χ0n) is 13.0. The van der Waals surface area contributed by atoms with E-state index in [0.29, 0.717) is 11.8 Å². The topological polar surface area (TPSA) is 38.7 Å². The molecule has 1 aromatic carbocycles. The predicted molar refractivity (Wildman–Crippen MR) is 80.2 cm³/mol. The van der Waals surface area contributed by atoms with Crippen molar-refractivity contribution in [3.8, 4) is 11.5 Å². The second-order valence-corrected chi connectivity index (χ2v) is 6.18. The van der Waals surface area contributed by atoms with Crippen molar-refractivity contribution in [1.82, 2.24) is 0 Å². The standard InChI is InChI=1S/C17H26O3/c1-12(2)13-7-9-17(18,10-8-13)15-11-14(19-3)5-6-16(15)20-4/h5-6,11-13,18H,7-10H2,1-4H3. The fourth-order valence-corrected chi connectivity index (χ4v) is 3.23. The van der Waals surface area contributed by atoms with Crippen LogP contribution in [0.15, 0.2) is 18.2 Å². The molecule has 112 valence electrons. The van der Waals surface area contributed by atoms with Gasteiger partial charge in [0.2, 0.25) is 0 Å². The summed E-state index contributed by atoms with van der Waals surface area (Å²) in [6, 6.07) is 5.65. The Hall–Kier alpha value is -1.22. The Bertz CT molecular complexity index is 446. The van der Waals surface area contributed by atoms with Crippen molar-refractivity contribution in [3.05, 3.63) is 23.8 Å². The molecule has 1 aliphatic rings. The maximum atomic E-state index is 11.0. The third kappa shape index (κ3) is 2.93. The second-order valence-electron chi connectivity index (χ2n) is 6.18. The van der Waals surface area contributed by atoms with Crippen LogP contribution in [0.5, 0.6) is 11.5 Å². The Labute approximate surface area is 121 Å². The lowest BCUT2D eigenvalue weighted by atomic mass is 9.72. The van der Waals surface area contributed by atoms with E-state index in [1.807, 2.05) is 18.2 Å². The summed E-state index contributed by atoms with van der Waals surface area (Å²) in [5, 5.41) is 11.0. The first kappa shape index (κ1) is 15.2. The number of benzene rings is 1. The highest BCUT2D eigenvalue weighted by Crippen LogP contribution is 2.45. The van der Waals surface area contributed by atoms with Gasteiger partial charge in [0.15, 0.2) is 0 Å². The summed E-state index contributed by atoms with van der Waals surface area (Å²) in [7, 11) is 3.29. The van der Waals surface area contributed by atoms with Crippen molar-refractivity contribution in [3.63, 3.8) is 0 Å². The SMILES string of the molecule is COc1ccc(OC)c(C2(O)CCC(C(C)C)CC2)c1. The number of ether oxygens (including phenoxy) is 2. The highest BCUT2D eigenvalue weighted by molar-refractivity contribution is 5.44. The molecule has 20 heavy (non-hydrogen) atoms. The smallest absolute Gasteiger partial charge is 0.125 e. The molecule has 0 saturated heterocycles. The lowest BCUT2D eigenvalue weighted by Gasteiger charge is -2.38. The quantitative estimate of drug-likeness (QED) is 0.912. The fraction of sp³-hybridized carbons (Fsp3) is 0.647. The summed E-state index contributed by atoms with van der Waals surface area (Å²) in [4.78, 5) is 0. The van der Waals surface area contributed by atoms with Crippen LogP contribution in [0.1, 0.15) is 45.1 Å². The van der Waals surface area contributed by atoms with E-state index in [1.54, 1.807) is 14.2 Å². The Kier molecular flexibility index (Phi) is 4.59. The van der Waals surface area contributed by atoms with Gasteiger partial charge in [-0.2, -0.15) is 0 Å². The first-order valence-electron chi connectivity index (χ1n) is 7.45. The van der Waals surface area contributed by atoms with Gasteiger partial charge < -0.3 is 14.6 Å². The van der Waals surface area contributed by atoms with Crippen molar-refractivity contribution in [2.45, 2.75) is 45.1 Å². The van der Waals surface area contributed by atoms with Gasteiger partial charge >= 0.3 is 0 Å². The zero-order chi connectivity index (χ0) is 14.8. The molecule has 1 N–H and O–H groups in total. The Morgan fingerprint density at radius 3 is 2.30 bits per heavy atom. The minimum absolute atomic E-state index is 0.687. The number of hydrogen-bond acceptors (Lipinski definition) is 3. The third-order valence-corrected chi connectivity index (χ3v) is 4.71. The number of hydrogen-bond donors (Lipinski definition) is 1. The van der Waals surface area contributed by atoms with Crippen molar-refractivity contribution in [2.75, 3.05) is 14.2 Å². The average molecular weight is 278 g/mol. The van der Waals surface area contributed by atoms with Crippen molar-refractivity contribution in [1.29, 1.82) is 0 Å². The highest BCUT2D eigenvalue weighted by atomic mass is 16.5. The summed E-state index contributed by atoms with van der Waals surface area (Å²) in [5.41, 5.74) is 0.0761. The summed E-state index contributed by atoms with van der Waals surface area (Å²) in [6.45, 7) is 4.53. The van der Waals surface area contributed by atoms with Gasteiger partial charge in [0.05, 0.1) is 19.8 Å². The molecular weight excluding hydrogens is 252 g/mol. The van der Waals surface area contributed by atoms with E-state index in [4.69, 9.17) is 9.47 Å². The zero-order valence-corrected chi connectivity index (χ0v) is 13.0. The van der Waals surface area contributed by atoms with Crippen LogP contribution in [-0.4, -0.2) is 19.3 Å². The first-order chi connectivity index (χ1) is 9.50. The summed E-state index contributed by atoms with van der Waals surface area (Å²) >= 11 is 0. The van der Waals surface area contributed by atoms with Gasteiger partial charge in [-0.05, 0) is 55.7 Å². The van der Waals surface area contributed by atoms with Crippen molar-refractivity contribution < 1.29 is 14.6 Å². The minimum atomic E-state index is -0.786. The number of methoxy groups -OCH3 is 2. The third-order valence-electron chi connectivity index (χ3n) is 4.71. The van der Waals surface area contributed by atoms with Crippen LogP contribution < -0.4 is 9.47 Å². The molecule has 1 saturated carbocycles. The van der Waals surface area contributed by atoms with E-state index in [-0.39, 0.29) is 0 Å². The molecule has 0 radical (unpaired) electrons. The lowest BCUT2D eigenvalue weighted by Crippen LogP contribution is -2.33. The Balaban J connectivity index is 2.26. The molecule has 3 heteroatoms. The fourth-order valence-electron chi connectivity index (χ4n) is 3.23. The predicted octanol–water partition coefficient (Wildman–Crippen LogP) is 3.74. The van der Waals surface area contributed by atoms with Crippen LogP contribution in [0.25, 0.3) is 0 Å². The van der Waals surface area contributed by atoms with Gasteiger partial charge in [-0.15, -0.1) is 0 Å². The van der Waals surface area contributed by atoms with Crippen LogP contribution in [0, 0.1) is 11.8 Å².